The fourth-order valence-electron chi connectivity index (χ4n) is 5.42. The van der Waals surface area contributed by atoms with Crippen LogP contribution in [0.1, 0.15) is 72.6 Å². The Kier molecular flexibility index (Phi) is 7.93. The normalized spacial score (nSPS) is 12.9. The van der Waals surface area contributed by atoms with E-state index in [0.29, 0.717) is 34.8 Å². The molecule has 5 aromatic rings. The van der Waals surface area contributed by atoms with Crippen molar-refractivity contribution in [1.29, 1.82) is 0 Å². The summed E-state index contributed by atoms with van der Waals surface area (Å²) in [6, 6.07) is 24.0. The molecule has 2 amide bonds. The van der Waals surface area contributed by atoms with E-state index in [9.17, 15) is 14.4 Å². The van der Waals surface area contributed by atoms with Crippen LogP contribution in [0.3, 0.4) is 0 Å². The molecule has 0 aliphatic carbocycles. The minimum atomic E-state index is -0.757. The quantitative estimate of drug-likeness (QED) is 0.102. The third-order valence-electron chi connectivity index (χ3n) is 7.55. The summed E-state index contributed by atoms with van der Waals surface area (Å²) in [5, 5.41) is 0. The average molecular weight is 603 g/mol. The average Bonchev–Trinajstić information content (AvgIpc) is 3.48. The molecule has 0 atom stereocenters. The van der Waals surface area contributed by atoms with Gasteiger partial charge in [-0.05, 0) is 62.6 Å². The SMILES string of the molecule is CCCCc1nc2ncc(N3C(=O)c4ccccc4C3=O)cc2n1Cc1ccc(-c2ccccc2OC(=O)OC(C)(C)C)cc1. The number of imide groups is 1. The summed E-state index contributed by atoms with van der Waals surface area (Å²) < 4.78 is 13.0. The highest BCUT2D eigenvalue weighted by Gasteiger charge is 2.36. The lowest BCUT2D eigenvalue weighted by Crippen LogP contribution is -2.29. The number of anilines is 1. The molecule has 0 saturated heterocycles. The van der Waals surface area contributed by atoms with E-state index in [1.54, 1.807) is 51.1 Å². The largest absolute Gasteiger partial charge is 0.514 e. The van der Waals surface area contributed by atoms with Gasteiger partial charge in [0, 0.05) is 18.5 Å². The lowest BCUT2D eigenvalue weighted by molar-refractivity contribution is 0.0207. The zero-order chi connectivity index (χ0) is 31.7. The zero-order valence-electron chi connectivity index (χ0n) is 25.7. The Labute approximate surface area is 261 Å². The number of benzene rings is 3. The molecule has 2 aromatic heterocycles. The summed E-state index contributed by atoms with van der Waals surface area (Å²) in [4.78, 5) is 49.3. The van der Waals surface area contributed by atoms with Crippen molar-refractivity contribution >= 4 is 34.8 Å². The van der Waals surface area contributed by atoms with E-state index in [2.05, 4.69) is 16.5 Å². The summed E-state index contributed by atoms with van der Waals surface area (Å²) in [7, 11) is 0. The van der Waals surface area contributed by atoms with E-state index in [4.69, 9.17) is 14.5 Å². The molecule has 0 radical (unpaired) electrons. The molecule has 0 spiro atoms. The van der Waals surface area contributed by atoms with Gasteiger partial charge in [-0.3, -0.25) is 9.59 Å². The van der Waals surface area contributed by atoms with Gasteiger partial charge in [-0.15, -0.1) is 0 Å². The zero-order valence-corrected chi connectivity index (χ0v) is 25.7. The van der Waals surface area contributed by atoms with E-state index >= 15 is 0 Å². The number of rotatable bonds is 8. The van der Waals surface area contributed by atoms with Gasteiger partial charge in [-0.25, -0.2) is 19.7 Å². The van der Waals surface area contributed by atoms with Gasteiger partial charge in [-0.1, -0.05) is 67.9 Å². The van der Waals surface area contributed by atoms with Gasteiger partial charge < -0.3 is 14.0 Å². The molecule has 1 aliphatic rings. The van der Waals surface area contributed by atoms with Gasteiger partial charge in [0.2, 0.25) is 0 Å². The molecule has 3 aromatic carbocycles. The third-order valence-corrected chi connectivity index (χ3v) is 7.55. The van der Waals surface area contributed by atoms with Crippen molar-refractivity contribution in [1.82, 2.24) is 14.5 Å². The second kappa shape index (κ2) is 12.0. The van der Waals surface area contributed by atoms with Crippen molar-refractivity contribution in [2.45, 2.75) is 59.1 Å². The van der Waals surface area contributed by atoms with Gasteiger partial charge in [0.15, 0.2) is 5.65 Å². The minimum absolute atomic E-state index is 0.361. The predicted molar refractivity (Wildman–Crippen MR) is 172 cm³/mol. The Morgan fingerprint density at radius 3 is 2.16 bits per heavy atom. The maximum absolute atomic E-state index is 13.2. The number of hydrogen-bond donors (Lipinski definition) is 0. The highest BCUT2D eigenvalue weighted by Crippen LogP contribution is 2.32. The van der Waals surface area contributed by atoms with Gasteiger partial charge in [0.05, 0.1) is 28.5 Å². The van der Waals surface area contributed by atoms with Crippen molar-refractivity contribution < 1.29 is 23.9 Å². The number of ether oxygens (including phenoxy) is 2. The van der Waals surface area contributed by atoms with Crippen molar-refractivity contribution in [2.75, 3.05) is 4.90 Å². The van der Waals surface area contributed by atoms with Crippen LogP contribution in [0, 0.1) is 0 Å². The monoisotopic (exact) mass is 602 g/mol. The molecule has 9 heteroatoms. The number of carbonyl (C=O) groups is 3. The predicted octanol–water partition coefficient (Wildman–Crippen LogP) is 7.60. The lowest BCUT2D eigenvalue weighted by Gasteiger charge is -2.19. The molecule has 1 aliphatic heterocycles. The number of pyridine rings is 1. The molecule has 228 valence electrons. The van der Waals surface area contributed by atoms with E-state index in [0.717, 1.165) is 47.3 Å². The molecule has 0 bridgehead atoms. The van der Waals surface area contributed by atoms with Crippen LogP contribution in [0.5, 0.6) is 5.75 Å². The highest BCUT2D eigenvalue weighted by atomic mass is 16.7. The maximum atomic E-state index is 13.2. The summed E-state index contributed by atoms with van der Waals surface area (Å²) in [5.41, 5.74) is 4.50. The third kappa shape index (κ3) is 6.06. The fraction of sp³-hybridized carbons (Fsp3) is 0.250. The van der Waals surface area contributed by atoms with E-state index in [1.807, 2.05) is 48.5 Å². The van der Waals surface area contributed by atoms with Crippen molar-refractivity contribution in [3.8, 4) is 16.9 Å². The topological polar surface area (TPSA) is 104 Å². The second-order valence-electron chi connectivity index (χ2n) is 12.0. The highest BCUT2D eigenvalue weighted by molar-refractivity contribution is 6.34. The summed E-state index contributed by atoms with van der Waals surface area (Å²) in [5.74, 6) is 0.578. The van der Waals surface area contributed by atoms with Crippen LogP contribution in [-0.2, 0) is 17.7 Å². The number of amides is 2. The molecule has 9 nitrogen and oxygen atoms in total. The minimum Gasteiger partial charge on any atom is -0.428 e. The Balaban J connectivity index is 1.30. The second-order valence-corrected chi connectivity index (χ2v) is 12.0. The van der Waals surface area contributed by atoms with E-state index in [1.165, 1.54) is 11.1 Å². The molecule has 0 unspecified atom stereocenters. The van der Waals surface area contributed by atoms with Crippen LogP contribution in [0.15, 0.2) is 85.1 Å². The van der Waals surface area contributed by atoms with Gasteiger partial charge in [0.25, 0.3) is 11.8 Å². The molecule has 3 heterocycles. The standard InChI is InChI=1S/C36H34N4O5/c1-5-6-15-31-38-32-29(20-25(21-37-32)40-33(41)27-12-7-8-13-28(27)34(40)42)39(31)22-23-16-18-24(19-17-23)26-11-9-10-14-30(26)44-35(43)45-36(2,3)4/h7-14,16-21H,5-6,15,22H2,1-4H3. The number of aromatic nitrogens is 3. The smallest absolute Gasteiger partial charge is 0.428 e. The van der Waals surface area contributed by atoms with Crippen LogP contribution in [0.2, 0.25) is 0 Å². The van der Waals surface area contributed by atoms with Crippen molar-refractivity contribution in [2.24, 2.45) is 0 Å². The Hall–Kier alpha value is -5.31. The van der Waals surface area contributed by atoms with Gasteiger partial charge in [-0.2, -0.15) is 0 Å². The molecular weight excluding hydrogens is 568 g/mol. The van der Waals surface area contributed by atoms with Crippen LogP contribution >= 0.6 is 0 Å². The van der Waals surface area contributed by atoms with Crippen LogP contribution in [0.25, 0.3) is 22.3 Å². The number of para-hydroxylation sites is 1. The first kappa shape index (κ1) is 29.7. The number of hydrogen-bond acceptors (Lipinski definition) is 7. The number of unbranched alkanes of at least 4 members (excludes halogenated alkanes) is 1. The van der Waals surface area contributed by atoms with E-state index < -0.39 is 11.8 Å². The van der Waals surface area contributed by atoms with Crippen molar-refractivity contribution in [3.05, 3.63) is 108 Å². The van der Waals surface area contributed by atoms with Gasteiger partial charge >= 0.3 is 6.16 Å². The summed E-state index contributed by atoms with van der Waals surface area (Å²) in [6.07, 6.45) is 3.52. The molecule has 6 rings (SSSR count). The number of fused-ring (bicyclic) bond motifs is 2. The molecular formula is C36H34N4O5. The Morgan fingerprint density at radius 2 is 1.51 bits per heavy atom. The number of aryl methyl sites for hydroxylation is 1. The van der Waals surface area contributed by atoms with Crippen LogP contribution < -0.4 is 9.64 Å². The van der Waals surface area contributed by atoms with Crippen LogP contribution in [0.4, 0.5) is 10.5 Å². The van der Waals surface area contributed by atoms with Crippen molar-refractivity contribution in [3.63, 3.8) is 0 Å². The van der Waals surface area contributed by atoms with Crippen LogP contribution in [-0.4, -0.2) is 38.1 Å². The van der Waals surface area contributed by atoms with Gasteiger partial charge in [0.1, 0.15) is 17.2 Å². The molecule has 45 heavy (non-hydrogen) atoms. The fourth-order valence-corrected chi connectivity index (χ4v) is 5.42. The lowest BCUT2D eigenvalue weighted by atomic mass is 10.0. The summed E-state index contributed by atoms with van der Waals surface area (Å²) >= 11 is 0. The first-order valence-corrected chi connectivity index (χ1v) is 15.0. The number of imidazole rings is 1. The first-order valence-electron chi connectivity index (χ1n) is 15.0. The molecule has 0 fully saturated rings. The Morgan fingerprint density at radius 1 is 0.867 bits per heavy atom. The Bertz CT molecular complexity index is 1890. The maximum Gasteiger partial charge on any atom is 0.514 e. The summed E-state index contributed by atoms with van der Waals surface area (Å²) in [6.45, 7) is 8.01. The first-order chi connectivity index (χ1) is 21.6. The molecule has 0 saturated carbocycles. The number of nitrogens with zero attached hydrogens (tertiary/aromatic N) is 4. The van der Waals surface area contributed by atoms with E-state index in [-0.39, 0.29) is 11.8 Å². The molecule has 0 N–H and O–H groups in total. The number of carbonyl (C=O) groups excluding carboxylic acids is 3.